The maximum absolute atomic E-state index is 9.65. The molecule has 0 spiro atoms. The number of aromatic hydroxyl groups is 1. The van der Waals surface area contributed by atoms with Crippen LogP contribution >= 0.6 is 38.5 Å². The summed E-state index contributed by atoms with van der Waals surface area (Å²) in [6.45, 7) is 0. The van der Waals surface area contributed by atoms with Gasteiger partial charge in [-0.1, -0.05) is 24.3 Å². The first-order chi connectivity index (χ1) is 6.20. The Morgan fingerprint density at radius 3 is 2.46 bits per heavy atom. The third-order valence-electron chi connectivity index (χ3n) is 1.91. The van der Waals surface area contributed by atoms with Crippen LogP contribution in [0.3, 0.4) is 0 Å². The summed E-state index contributed by atoms with van der Waals surface area (Å²) in [6.07, 6.45) is 0. The average Bonchev–Trinajstić information content (AvgIpc) is 2.15. The monoisotopic (exact) mass is 348 g/mol. The van der Waals surface area contributed by atoms with Crippen molar-refractivity contribution in [1.82, 2.24) is 0 Å². The van der Waals surface area contributed by atoms with Crippen LogP contribution in [0.2, 0.25) is 0 Å². The topological polar surface area (TPSA) is 20.2 Å². The van der Waals surface area contributed by atoms with Gasteiger partial charge in [0, 0.05) is 18.8 Å². The number of phenols is 1. The Morgan fingerprint density at radius 2 is 1.77 bits per heavy atom. The predicted molar refractivity (Wildman–Crippen MR) is 66.0 cm³/mol. The van der Waals surface area contributed by atoms with Gasteiger partial charge in [-0.25, -0.2) is 0 Å². The fourth-order valence-corrected chi connectivity index (χ4v) is 2.33. The number of halogens is 2. The molecule has 0 aliphatic carbocycles. The molecule has 3 heteroatoms. The molecule has 0 saturated carbocycles. The Balaban J connectivity index is 2.97. The third kappa shape index (κ3) is 1.55. The lowest BCUT2D eigenvalue weighted by Crippen LogP contribution is -1.80. The molecule has 0 bridgehead atoms. The molecule has 0 heterocycles. The van der Waals surface area contributed by atoms with Crippen LogP contribution in [0.4, 0.5) is 0 Å². The SMILES string of the molecule is Oc1cc(I)c(Br)c2ccccc12. The molecule has 0 aliphatic heterocycles. The van der Waals surface area contributed by atoms with E-state index < -0.39 is 0 Å². The van der Waals surface area contributed by atoms with E-state index in [1.165, 1.54) is 0 Å². The maximum atomic E-state index is 9.65. The summed E-state index contributed by atoms with van der Waals surface area (Å²) < 4.78 is 2.07. The van der Waals surface area contributed by atoms with Crippen molar-refractivity contribution in [3.8, 4) is 5.75 Å². The van der Waals surface area contributed by atoms with Crippen molar-refractivity contribution in [2.75, 3.05) is 0 Å². The van der Waals surface area contributed by atoms with E-state index in [4.69, 9.17) is 0 Å². The summed E-state index contributed by atoms with van der Waals surface area (Å²) in [5.41, 5.74) is 0. The highest BCUT2D eigenvalue weighted by Crippen LogP contribution is 2.34. The molecule has 0 radical (unpaired) electrons. The van der Waals surface area contributed by atoms with Crippen LogP contribution in [-0.4, -0.2) is 5.11 Å². The standard InChI is InChI=1S/C10H6BrIO/c11-10-7-4-2-1-3-6(7)9(13)5-8(10)12/h1-5,13H. The Labute approximate surface area is 98.0 Å². The molecule has 2 rings (SSSR count). The van der Waals surface area contributed by atoms with Crippen LogP contribution in [0.15, 0.2) is 34.8 Å². The normalized spacial score (nSPS) is 10.6. The zero-order chi connectivity index (χ0) is 9.42. The fraction of sp³-hybridized carbons (Fsp3) is 0. The van der Waals surface area contributed by atoms with Crippen molar-refractivity contribution in [3.05, 3.63) is 38.4 Å². The summed E-state index contributed by atoms with van der Waals surface area (Å²) in [5, 5.41) is 11.6. The summed E-state index contributed by atoms with van der Waals surface area (Å²) in [4.78, 5) is 0. The van der Waals surface area contributed by atoms with Crippen molar-refractivity contribution in [2.24, 2.45) is 0 Å². The Kier molecular flexibility index (Phi) is 2.47. The van der Waals surface area contributed by atoms with E-state index >= 15 is 0 Å². The molecule has 0 atom stereocenters. The zero-order valence-electron chi connectivity index (χ0n) is 6.59. The highest BCUT2D eigenvalue weighted by atomic mass is 127. The fourth-order valence-electron chi connectivity index (χ4n) is 1.29. The summed E-state index contributed by atoms with van der Waals surface area (Å²) in [5.74, 6) is 0.336. The van der Waals surface area contributed by atoms with Gasteiger partial charge < -0.3 is 5.11 Å². The number of hydrogen-bond acceptors (Lipinski definition) is 1. The second-order valence-corrected chi connectivity index (χ2v) is 4.69. The lowest BCUT2D eigenvalue weighted by atomic mass is 10.1. The van der Waals surface area contributed by atoms with Crippen LogP contribution in [0, 0.1) is 3.57 Å². The van der Waals surface area contributed by atoms with E-state index in [-0.39, 0.29) is 0 Å². The number of fused-ring (bicyclic) bond motifs is 1. The Morgan fingerprint density at radius 1 is 1.15 bits per heavy atom. The molecule has 0 aromatic heterocycles. The lowest BCUT2D eigenvalue weighted by Gasteiger charge is -2.04. The highest BCUT2D eigenvalue weighted by Gasteiger charge is 2.06. The van der Waals surface area contributed by atoms with Crippen LogP contribution < -0.4 is 0 Å². The van der Waals surface area contributed by atoms with Crippen molar-refractivity contribution in [1.29, 1.82) is 0 Å². The predicted octanol–water partition coefficient (Wildman–Crippen LogP) is 3.91. The molecule has 2 aromatic rings. The molecule has 1 nitrogen and oxygen atoms in total. The molecular formula is C10H6BrIO. The summed E-state index contributed by atoms with van der Waals surface area (Å²) in [7, 11) is 0. The van der Waals surface area contributed by atoms with Gasteiger partial charge >= 0.3 is 0 Å². The highest BCUT2D eigenvalue weighted by molar-refractivity contribution is 14.1. The zero-order valence-corrected chi connectivity index (χ0v) is 10.3. The van der Waals surface area contributed by atoms with Crippen LogP contribution in [-0.2, 0) is 0 Å². The van der Waals surface area contributed by atoms with E-state index in [1.54, 1.807) is 6.07 Å². The van der Waals surface area contributed by atoms with Gasteiger partial charge in [0.2, 0.25) is 0 Å². The Hall–Kier alpha value is -0.290. The van der Waals surface area contributed by atoms with Gasteiger partial charge in [-0.2, -0.15) is 0 Å². The van der Waals surface area contributed by atoms with Gasteiger partial charge in [0.25, 0.3) is 0 Å². The number of rotatable bonds is 0. The second-order valence-electron chi connectivity index (χ2n) is 2.74. The van der Waals surface area contributed by atoms with Gasteiger partial charge in [-0.05, 0) is 44.6 Å². The molecule has 1 N–H and O–H groups in total. The van der Waals surface area contributed by atoms with Gasteiger partial charge in [0.15, 0.2) is 0 Å². The van der Waals surface area contributed by atoms with Crippen molar-refractivity contribution < 1.29 is 5.11 Å². The molecule has 66 valence electrons. The molecular weight excluding hydrogens is 343 g/mol. The first-order valence-corrected chi connectivity index (χ1v) is 5.63. The molecule has 0 saturated heterocycles. The largest absolute Gasteiger partial charge is 0.507 e. The van der Waals surface area contributed by atoms with E-state index in [0.717, 1.165) is 18.8 Å². The number of hydrogen-bond donors (Lipinski definition) is 1. The minimum atomic E-state index is 0.336. The lowest BCUT2D eigenvalue weighted by molar-refractivity contribution is 0.481. The average molecular weight is 349 g/mol. The minimum Gasteiger partial charge on any atom is -0.507 e. The molecule has 0 amide bonds. The third-order valence-corrected chi connectivity index (χ3v) is 4.36. The van der Waals surface area contributed by atoms with Crippen LogP contribution in [0.25, 0.3) is 10.8 Å². The summed E-state index contributed by atoms with van der Waals surface area (Å²) in [6, 6.07) is 9.53. The van der Waals surface area contributed by atoms with E-state index in [0.29, 0.717) is 5.75 Å². The number of benzene rings is 2. The van der Waals surface area contributed by atoms with Crippen molar-refractivity contribution in [2.45, 2.75) is 0 Å². The second kappa shape index (κ2) is 3.46. The molecule has 2 aromatic carbocycles. The molecule has 0 aliphatic rings. The first kappa shape index (κ1) is 9.27. The van der Waals surface area contributed by atoms with Gasteiger partial charge in [-0.3, -0.25) is 0 Å². The van der Waals surface area contributed by atoms with Gasteiger partial charge in [0.05, 0.1) is 0 Å². The van der Waals surface area contributed by atoms with E-state index in [1.807, 2.05) is 24.3 Å². The van der Waals surface area contributed by atoms with E-state index in [2.05, 4.69) is 38.5 Å². The summed E-state index contributed by atoms with van der Waals surface area (Å²) >= 11 is 5.69. The van der Waals surface area contributed by atoms with Gasteiger partial charge in [-0.15, -0.1) is 0 Å². The smallest absolute Gasteiger partial charge is 0.124 e. The van der Waals surface area contributed by atoms with Crippen LogP contribution in [0.1, 0.15) is 0 Å². The molecule has 0 fully saturated rings. The maximum Gasteiger partial charge on any atom is 0.124 e. The van der Waals surface area contributed by atoms with Crippen LogP contribution in [0.5, 0.6) is 5.75 Å². The first-order valence-electron chi connectivity index (χ1n) is 3.76. The van der Waals surface area contributed by atoms with Crippen molar-refractivity contribution in [3.63, 3.8) is 0 Å². The van der Waals surface area contributed by atoms with Gasteiger partial charge in [0.1, 0.15) is 5.75 Å². The van der Waals surface area contributed by atoms with E-state index in [9.17, 15) is 5.11 Å². The molecule has 13 heavy (non-hydrogen) atoms. The quantitative estimate of drug-likeness (QED) is 0.715. The van der Waals surface area contributed by atoms with Crippen molar-refractivity contribution >= 4 is 49.3 Å². The number of phenolic OH excluding ortho intramolecular Hbond substituents is 1. The minimum absolute atomic E-state index is 0.336. The Bertz CT molecular complexity index is 468. The molecule has 0 unspecified atom stereocenters.